The zero-order valence-corrected chi connectivity index (χ0v) is 13.8. The first-order valence-electron chi connectivity index (χ1n) is 8.07. The van der Waals surface area contributed by atoms with Gasteiger partial charge in [-0.2, -0.15) is 0 Å². The van der Waals surface area contributed by atoms with Gasteiger partial charge in [0, 0.05) is 11.3 Å². The second kappa shape index (κ2) is 5.95. The number of rotatable bonds is 2. The number of nitrogen functional groups attached to an aromatic ring is 1. The summed E-state index contributed by atoms with van der Waals surface area (Å²) in [6, 6.07) is 23.9. The molecule has 3 heteroatoms. The van der Waals surface area contributed by atoms with Gasteiger partial charge in [0.1, 0.15) is 0 Å². The van der Waals surface area contributed by atoms with Crippen molar-refractivity contribution in [1.82, 2.24) is 0 Å². The lowest BCUT2D eigenvalue weighted by molar-refractivity contribution is 0.0601. The maximum absolute atomic E-state index is 11.9. The van der Waals surface area contributed by atoms with E-state index in [1.165, 1.54) is 12.5 Å². The summed E-state index contributed by atoms with van der Waals surface area (Å²) in [6.07, 6.45) is 0. The number of hydrogen-bond acceptors (Lipinski definition) is 3. The van der Waals surface area contributed by atoms with Crippen LogP contribution < -0.4 is 5.73 Å². The molecule has 0 atom stereocenters. The van der Waals surface area contributed by atoms with E-state index in [9.17, 15) is 4.79 Å². The average molecular weight is 327 g/mol. The normalized spacial score (nSPS) is 10.9. The van der Waals surface area contributed by atoms with E-state index in [4.69, 9.17) is 10.5 Å². The predicted molar refractivity (Wildman–Crippen MR) is 103 cm³/mol. The largest absolute Gasteiger partial charge is 0.465 e. The van der Waals surface area contributed by atoms with Crippen LogP contribution in [-0.4, -0.2) is 13.1 Å². The average Bonchev–Trinajstić information content (AvgIpc) is 2.66. The van der Waals surface area contributed by atoms with Crippen molar-refractivity contribution in [2.75, 3.05) is 12.8 Å². The fourth-order valence-corrected chi connectivity index (χ4v) is 3.27. The van der Waals surface area contributed by atoms with E-state index >= 15 is 0 Å². The molecule has 0 saturated heterocycles. The molecule has 122 valence electrons. The molecule has 0 aromatic heterocycles. The summed E-state index contributed by atoms with van der Waals surface area (Å²) in [6.45, 7) is 0. The van der Waals surface area contributed by atoms with Gasteiger partial charge in [-0.3, -0.25) is 0 Å². The van der Waals surface area contributed by atoms with Crippen molar-refractivity contribution in [3.05, 3.63) is 78.4 Å². The Morgan fingerprint density at radius 3 is 2.36 bits per heavy atom. The minimum Gasteiger partial charge on any atom is -0.465 e. The fourth-order valence-electron chi connectivity index (χ4n) is 3.27. The van der Waals surface area contributed by atoms with Gasteiger partial charge >= 0.3 is 5.97 Å². The van der Waals surface area contributed by atoms with E-state index in [1.807, 2.05) is 42.5 Å². The lowest BCUT2D eigenvalue weighted by Gasteiger charge is -2.13. The number of methoxy groups -OCH3 is 1. The number of esters is 1. The van der Waals surface area contributed by atoms with E-state index in [2.05, 4.69) is 24.3 Å². The van der Waals surface area contributed by atoms with Crippen LogP contribution in [0.5, 0.6) is 0 Å². The lowest BCUT2D eigenvalue weighted by Crippen LogP contribution is -2.01. The van der Waals surface area contributed by atoms with Crippen LogP contribution in [0.25, 0.3) is 32.7 Å². The van der Waals surface area contributed by atoms with Crippen LogP contribution in [0.4, 0.5) is 5.69 Å². The van der Waals surface area contributed by atoms with Crippen LogP contribution >= 0.6 is 0 Å². The number of benzene rings is 4. The Hall–Kier alpha value is -3.33. The van der Waals surface area contributed by atoms with Gasteiger partial charge in [0.15, 0.2) is 0 Å². The number of anilines is 1. The Morgan fingerprint density at radius 1 is 0.840 bits per heavy atom. The Morgan fingerprint density at radius 2 is 1.60 bits per heavy atom. The predicted octanol–water partition coefficient (Wildman–Crippen LogP) is 5.03. The molecule has 0 aliphatic carbocycles. The second-order valence-electron chi connectivity index (χ2n) is 6.02. The minimum atomic E-state index is -0.355. The van der Waals surface area contributed by atoms with Crippen molar-refractivity contribution in [2.24, 2.45) is 0 Å². The summed E-state index contributed by atoms with van der Waals surface area (Å²) >= 11 is 0. The van der Waals surface area contributed by atoms with Gasteiger partial charge in [0.05, 0.1) is 12.7 Å². The lowest BCUT2D eigenvalue weighted by atomic mass is 9.93. The van der Waals surface area contributed by atoms with Crippen LogP contribution in [0.1, 0.15) is 10.4 Å². The second-order valence-corrected chi connectivity index (χ2v) is 6.02. The van der Waals surface area contributed by atoms with Gasteiger partial charge in [0.2, 0.25) is 0 Å². The first-order chi connectivity index (χ1) is 12.2. The summed E-state index contributed by atoms with van der Waals surface area (Å²) in [5.41, 5.74) is 9.34. The highest BCUT2D eigenvalue weighted by Crippen LogP contribution is 2.36. The summed E-state index contributed by atoms with van der Waals surface area (Å²) in [5.74, 6) is -0.355. The van der Waals surface area contributed by atoms with Gasteiger partial charge in [-0.25, -0.2) is 4.79 Å². The topological polar surface area (TPSA) is 52.3 Å². The Labute approximate surface area is 145 Å². The third-order valence-electron chi connectivity index (χ3n) is 4.49. The summed E-state index contributed by atoms with van der Waals surface area (Å²) in [7, 11) is 1.38. The van der Waals surface area contributed by atoms with E-state index in [0.717, 1.165) is 27.3 Å². The molecular weight excluding hydrogens is 310 g/mol. The summed E-state index contributed by atoms with van der Waals surface area (Å²) in [5, 5.41) is 4.53. The molecule has 0 bridgehead atoms. The molecule has 0 aliphatic rings. The third kappa shape index (κ3) is 2.60. The highest BCUT2D eigenvalue weighted by atomic mass is 16.5. The van der Waals surface area contributed by atoms with E-state index < -0.39 is 0 Å². The highest BCUT2D eigenvalue weighted by molar-refractivity contribution is 6.08. The third-order valence-corrected chi connectivity index (χ3v) is 4.49. The molecule has 2 N–H and O–H groups in total. The van der Waals surface area contributed by atoms with Gasteiger partial charge < -0.3 is 10.5 Å². The molecule has 0 aliphatic heterocycles. The Kier molecular flexibility index (Phi) is 3.62. The molecule has 0 radical (unpaired) electrons. The quantitative estimate of drug-likeness (QED) is 0.319. The highest BCUT2D eigenvalue weighted by Gasteiger charge is 2.12. The zero-order valence-electron chi connectivity index (χ0n) is 13.8. The van der Waals surface area contributed by atoms with Crippen LogP contribution in [0, 0.1) is 0 Å². The van der Waals surface area contributed by atoms with Crippen LogP contribution in [-0.2, 0) is 4.74 Å². The van der Waals surface area contributed by atoms with Gasteiger partial charge in [-0.05, 0) is 57.4 Å². The van der Waals surface area contributed by atoms with Crippen LogP contribution in [0.15, 0.2) is 72.8 Å². The van der Waals surface area contributed by atoms with E-state index in [1.54, 1.807) is 6.07 Å². The van der Waals surface area contributed by atoms with Crippen molar-refractivity contribution in [3.8, 4) is 11.1 Å². The molecular formula is C22H17NO2. The van der Waals surface area contributed by atoms with Gasteiger partial charge in [-0.15, -0.1) is 0 Å². The molecule has 4 aromatic carbocycles. The number of hydrogen-bond donors (Lipinski definition) is 1. The first-order valence-corrected chi connectivity index (χ1v) is 8.07. The Bertz CT molecular complexity index is 1120. The maximum atomic E-state index is 11.9. The fraction of sp³-hybridized carbons (Fsp3) is 0.0455. The number of carbonyl (C=O) groups is 1. The van der Waals surface area contributed by atoms with Crippen LogP contribution in [0.3, 0.4) is 0 Å². The summed E-state index contributed by atoms with van der Waals surface area (Å²) < 4.78 is 4.83. The molecule has 4 rings (SSSR count). The van der Waals surface area contributed by atoms with Crippen molar-refractivity contribution in [3.63, 3.8) is 0 Å². The van der Waals surface area contributed by atoms with Gasteiger partial charge in [-0.1, -0.05) is 42.5 Å². The molecule has 0 spiro atoms. The Balaban J connectivity index is 2.02. The molecule has 0 fully saturated rings. The minimum absolute atomic E-state index is 0.355. The number of fused-ring (bicyclic) bond motifs is 2. The SMILES string of the molecule is COC(=O)c1cccc(-c2c(N)ccc3cc4ccccc4cc23)c1. The van der Waals surface area contributed by atoms with Gasteiger partial charge in [0.25, 0.3) is 0 Å². The molecule has 4 aromatic rings. The van der Waals surface area contributed by atoms with Crippen molar-refractivity contribution in [1.29, 1.82) is 0 Å². The van der Waals surface area contributed by atoms with E-state index in [-0.39, 0.29) is 5.97 Å². The maximum Gasteiger partial charge on any atom is 0.337 e. The smallest absolute Gasteiger partial charge is 0.337 e. The monoisotopic (exact) mass is 327 g/mol. The standard InChI is InChI=1S/C22H17NO2/c1-25-22(24)18-8-4-7-17(12-18)21-19-13-15-6-3-2-5-14(15)11-16(19)9-10-20(21)23/h2-13H,23H2,1H3. The molecule has 0 saturated carbocycles. The molecule has 25 heavy (non-hydrogen) atoms. The zero-order chi connectivity index (χ0) is 17.4. The van der Waals surface area contributed by atoms with Crippen molar-refractivity contribution in [2.45, 2.75) is 0 Å². The molecule has 0 heterocycles. The first kappa shape index (κ1) is 15.2. The van der Waals surface area contributed by atoms with Crippen molar-refractivity contribution < 1.29 is 9.53 Å². The molecule has 0 unspecified atom stereocenters. The van der Waals surface area contributed by atoms with Crippen LogP contribution in [0.2, 0.25) is 0 Å². The molecule has 0 amide bonds. The number of carbonyl (C=O) groups excluding carboxylic acids is 1. The van der Waals surface area contributed by atoms with E-state index in [0.29, 0.717) is 11.3 Å². The summed E-state index contributed by atoms with van der Waals surface area (Å²) in [4.78, 5) is 11.9. The van der Waals surface area contributed by atoms with Crippen molar-refractivity contribution >= 4 is 33.2 Å². The molecule has 3 nitrogen and oxygen atoms in total. The number of nitrogens with two attached hydrogens (primary N) is 1. The number of ether oxygens (including phenoxy) is 1.